The summed E-state index contributed by atoms with van der Waals surface area (Å²) >= 11 is 0. The summed E-state index contributed by atoms with van der Waals surface area (Å²) < 4.78 is 9.75. The van der Waals surface area contributed by atoms with Crippen LogP contribution in [0.1, 0.15) is 27.2 Å². The van der Waals surface area contributed by atoms with Gasteiger partial charge in [0.15, 0.2) is 0 Å². The molecule has 1 fully saturated rings. The van der Waals surface area contributed by atoms with Gasteiger partial charge in [0.1, 0.15) is 11.6 Å². The molecule has 1 aliphatic heterocycles. The average Bonchev–Trinajstić information content (AvgIpc) is 2.70. The molecule has 0 bridgehead atoms. The minimum absolute atomic E-state index is 0.0516. The summed E-state index contributed by atoms with van der Waals surface area (Å²) in [6.45, 7) is 5.13. The lowest BCUT2D eigenvalue weighted by atomic mass is 10.1. The molecule has 1 rings (SSSR count). The molecule has 2 atom stereocenters. The number of amides is 1. The molecule has 0 radical (unpaired) electrons. The van der Waals surface area contributed by atoms with Crippen LogP contribution in [0.25, 0.3) is 0 Å². The SMILES string of the molecule is COC(=O)[C@@H]1C[C@H](C(=O)OC(C)(C)C)CN1C(=O)O. The Hall–Kier alpha value is -1.79. The number of carbonyl (C=O) groups excluding carboxylic acids is 2. The van der Waals surface area contributed by atoms with E-state index in [-0.39, 0.29) is 13.0 Å². The Bertz CT molecular complexity index is 386. The van der Waals surface area contributed by atoms with E-state index < -0.39 is 35.6 Å². The van der Waals surface area contributed by atoms with Crippen LogP contribution in [0.4, 0.5) is 4.79 Å². The van der Waals surface area contributed by atoms with Gasteiger partial charge < -0.3 is 14.6 Å². The number of esters is 2. The molecule has 0 aromatic heterocycles. The number of nitrogens with zero attached hydrogens (tertiary/aromatic N) is 1. The van der Waals surface area contributed by atoms with Crippen molar-refractivity contribution < 1.29 is 29.0 Å². The van der Waals surface area contributed by atoms with Crippen LogP contribution in [0.5, 0.6) is 0 Å². The summed E-state index contributed by atoms with van der Waals surface area (Å²) in [7, 11) is 1.18. The smallest absolute Gasteiger partial charge is 0.408 e. The van der Waals surface area contributed by atoms with Crippen LogP contribution in [0.2, 0.25) is 0 Å². The fraction of sp³-hybridized carbons (Fsp3) is 0.750. The molecular formula is C12H19NO6. The first-order valence-electron chi connectivity index (χ1n) is 5.96. The number of likely N-dealkylation sites (tertiary alicyclic amines) is 1. The average molecular weight is 273 g/mol. The fourth-order valence-electron chi connectivity index (χ4n) is 1.96. The second-order valence-corrected chi connectivity index (χ2v) is 5.44. The molecule has 0 aliphatic carbocycles. The summed E-state index contributed by atoms with van der Waals surface area (Å²) in [4.78, 5) is 35.4. The van der Waals surface area contributed by atoms with Gasteiger partial charge in [-0.05, 0) is 27.2 Å². The molecule has 1 aliphatic rings. The zero-order valence-electron chi connectivity index (χ0n) is 11.5. The highest BCUT2D eigenvalue weighted by molar-refractivity contribution is 5.84. The second-order valence-electron chi connectivity index (χ2n) is 5.44. The Balaban J connectivity index is 2.78. The second kappa shape index (κ2) is 5.46. The maximum Gasteiger partial charge on any atom is 0.408 e. The minimum Gasteiger partial charge on any atom is -0.467 e. The lowest BCUT2D eigenvalue weighted by molar-refractivity contribution is -0.159. The van der Waals surface area contributed by atoms with Crippen molar-refractivity contribution in [3.63, 3.8) is 0 Å². The van der Waals surface area contributed by atoms with Gasteiger partial charge in [-0.3, -0.25) is 9.69 Å². The van der Waals surface area contributed by atoms with Crippen LogP contribution in [-0.2, 0) is 19.1 Å². The third-order valence-corrected chi connectivity index (χ3v) is 2.76. The summed E-state index contributed by atoms with van der Waals surface area (Å²) in [5.74, 6) is -1.79. The van der Waals surface area contributed by atoms with Crippen LogP contribution in [0.3, 0.4) is 0 Å². The summed E-state index contributed by atoms with van der Waals surface area (Å²) in [5.41, 5.74) is -0.644. The van der Waals surface area contributed by atoms with E-state index in [0.29, 0.717) is 0 Å². The van der Waals surface area contributed by atoms with E-state index in [2.05, 4.69) is 4.74 Å². The topological polar surface area (TPSA) is 93.1 Å². The zero-order chi connectivity index (χ0) is 14.8. The maximum absolute atomic E-state index is 11.9. The van der Waals surface area contributed by atoms with Gasteiger partial charge in [0.2, 0.25) is 0 Å². The lowest BCUT2D eigenvalue weighted by Crippen LogP contribution is -2.40. The highest BCUT2D eigenvalue weighted by atomic mass is 16.6. The Morgan fingerprint density at radius 2 is 1.79 bits per heavy atom. The molecule has 0 aromatic rings. The van der Waals surface area contributed by atoms with E-state index in [1.807, 2.05) is 0 Å². The molecule has 1 heterocycles. The van der Waals surface area contributed by atoms with Gasteiger partial charge in [0.25, 0.3) is 0 Å². The first-order chi connectivity index (χ1) is 8.65. The van der Waals surface area contributed by atoms with E-state index in [4.69, 9.17) is 9.84 Å². The first-order valence-corrected chi connectivity index (χ1v) is 5.96. The van der Waals surface area contributed by atoms with Gasteiger partial charge in [0.05, 0.1) is 13.0 Å². The van der Waals surface area contributed by atoms with Crippen LogP contribution in [0.15, 0.2) is 0 Å². The van der Waals surface area contributed by atoms with E-state index in [9.17, 15) is 14.4 Å². The molecule has 0 saturated carbocycles. The molecule has 19 heavy (non-hydrogen) atoms. The number of hydrogen-bond acceptors (Lipinski definition) is 5. The van der Waals surface area contributed by atoms with Crippen LogP contribution in [0, 0.1) is 5.92 Å². The lowest BCUT2D eigenvalue weighted by Gasteiger charge is -2.21. The van der Waals surface area contributed by atoms with Crippen molar-refractivity contribution in [2.45, 2.75) is 38.8 Å². The summed E-state index contributed by atoms with van der Waals surface area (Å²) in [5, 5.41) is 9.03. The maximum atomic E-state index is 11.9. The number of carboxylic acid groups (broad SMARTS) is 1. The predicted molar refractivity (Wildman–Crippen MR) is 64.5 cm³/mol. The highest BCUT2D eigenvalue weighted by Crippen LogP contribution is 2.26. The molecular weight excluding hydrogens is 254 g/mol. The minimum atomic E-state index is -1.25. The van der Waals surface area contributed by atoms with Crippen molar-refractivity contribution in [1.29, 1.82) is 0 Å². The molecule has 1 N–H and O–H groups in total. The van der Waals surface area contributed by atoms with Gasteiger partial charge in [-0.1, -0.05) is 0 Å². The van der Waals surface area contributed by atoms with Gasteiger partial charge in [-0.25, -0.2) is 9.59 Å². The quantitative estimate of drug-likeness (QED) is 0.750. The van der Waals surface area contributed by atoms with Gasteiger partial charge in [0, 0.05) is 6.54 Å². The van der Waals surface area contributed by atoms with Crippen molar-refractivity contribution in [3.8, 4) is 0 Å². The van der Waals surface area contributed by atoms with Gasteiger partial charge >= 0.3 is 18.0 Å². The van der Waals surface area contributed by atoms with Crippen molar-refractivity contribution >= 4 is 18.0 Å². The van der Waals surface area contributed by atoms with E-state index >= 15 is 0 Å². The molecule has 1 saturated heterocycles. The summed E-state index contributed by atoms with van der Waals surface area (Å²) in [6.07, 6.45) is -1.16. The Kier molecular flexibility index (Phi) is 4.39. The Labute approximate surface area is 111 Å². The van der Waals surface area contributed by atoms with Crippen molar-refractivity contribution in [1.82, 2.24) is 4.90 Å². The third kappa shape index (κ3) is 3.84. The number of carbonyl (C=O) groups is 3. The molecule has 7 heteroatoms. The molecule has 0 aromatic carbocycles. The molecule has 0 spiro atoms. The van der Waals surface area contributed by atoms with Crippen molar-refractivity contribution in [2.24, 2.45) is 5.92 Å². The number of rotatable bonds is 2. The van der Waals surface area contributed by atoms with Gasteiger partial charge in [-0.15, -0.1) is 0 Å². The fourth-order valence-corrected chi connectivity index (χ4v) is 1.96. The van der Waals surface area contributed by atoms with Gasteiger partial charge in [-0.2, -0.15) is 0 Å². The first kappa shape index (κ1) is 15.3. The van der Waals surface area contributed by atoms with Crippen LogP contribution < -0.4 is 0 Å². The van der Waals surface area contributed by atoms with Crippen LogP contribution in [-0.4, -0.2) is 53.3 Å². The van der Waals surface area contributed by atoms with Crippen molar-refractivity contribution in [3.05, 3.63) is 0 Å². The number of ether oxygens (including phenoxy) is 2. The predicted octanol–water partition coefficient (Wildman–Crippen LogP) is 0.870. The van der Waals surface area contributed by atoms with E-state index in [0.717, 1.165) is 4.90 Å². The monoisotopic (exact) mass is 273 g/mol. The normalized spacial score (nSPS) is 23.1. The highest BCUT2D eigenvalue weighted by Gasteiger charge is 2.44. The van der Waals surface area contributed by atoms with E-state index in [1.54, 1.807) is 20.8 Å². The molecule has 7 nitrogen and oxygen atoms in total. The zero-order valence-corrected chi connectivity index (χ0v) is 11.5. The Morgan fingerprint density at radius 1 is 1.21 bits per heavy atom. The van der Waals surface area contributed by atoms with E-state index in [1.165, 1.54) is 7.11 Å². The van der Waals surface area contributed by atoms with Crippen LogP contribution >= 0.6 is 0 Å². The number of hydrogen-bond donors (Lipinski definition) is 1. The molecule has 0 unspecified atom stereocenters. The Morgan fingerprint density at radius 3 is 2.21 bits per heavy atom. The summed E-state index contributed by atoms with van der Waals surface area (Å²) in [6, 6.07) is -0.944. The largest absolute Gasteiger partial charge is 0.467 e. The molecule has 1 amide bonds. The van der Waals surface area contributed by atoms with Crippen molar-refractivity contribution in [2.75, 3.05) is 13.7 Å². The number of methoxy groups -OCH3 is 1. The molecule has 108 valence electrons. The third-order valence-electron chi connectivity index (χ3n) is 2.76. The standard InChI is InChI=1S/C12H19NO6/c1-12(2,3)19-9(14)7-5-8(10(15)18-4)13(6-7)11(16)17/h7-8H,5-6H2,1-4H3,(H,16,17)/t7-,8-/m0/s1.